The van der Waals surface area contributed by atoms with E-state index in [4.69, 9.17) is 4.74 Å². The first-order valence-electron chi connectivity index (χ1n) is 6.65. The van der Waals surface area contributed by atoms with E-state index in [9.17, 15) is 5.11 Å². The Labute approximate surface area is 113 Å². The minimum atomic E-state index is -0.420. The van der Waals surface area contributed by atoms with E-state index in [0.717, 1.165) is 18.1 Å². The average Bonchev–Trinajstić information content (AvgIpc) is 2.87. The molecule has 0 spiro atoms. The normalized spacial score (nSPS) is 12.3. The second-order valence-corrected chi connectivity index (χ2v) is 4.44. The van der Waals surface area contributed by atoms with Gasteiger partial charge < -0.3 is 14.4 Å². The molecule has 0 amide bonds. The molecule has 1 unspecified atom stereocenters. The summed E-state index contributed by atoms with van der Waals surface area (Å²) in [7, 11) is 0. The van der Waals surface area contributed by atoms with Crippen molar-refractivity contribution >= 4 is 0 Å². The highest BCUT2D eigenvalue weighted by Gasteiger charge is 2.10. The molecule has 0 aliphatic carbocycles. The van der Waals surface area contributed by atoms with Gasteiger partial charge in [0, 0.05) is 31.8 Å². The summed E-state index contributed by atoms with van der Waals surface area (Å²) in [6.07, 6.45) is 4.45. The number of para-hydroxylation sites is 1. The first-order chi connectivity index (χ1) is 9.29. The third-order valence-electron chi connectivity index (χ3n) is 3.02. The number of aryl methyl sites for hydroxylation is 1. The number of aliphatic hydroxyl groups excluding tert-OH is 1. The highest BCUT2D eigenvalue weighted by atomic mass is 16.5. The van der Waals surface area contributed by atoms with Crippen molar-refractivity contribution in [2.75, 3.05) is 6.61 Å². The Morgan fingerprint density at radius 2 is 2.11 bits per heavy atom. The number of nitrogens with zero attached hydrogens (tertiary/aromatic N) is 2. The molecular weight excluding hydrogens is 240 g/mol. The Bertz CT molecular complexity index is 482. The third-order valence-corrected chi connectivity index (χ3v) is 3.02. The molecule has 4 nitrogen and oxygen atoms in total. The van der Waals surface area contributed by atoms with Gasteiger partial charge in [-0.15, -0.1) is 0 Å². The van der Waals surface area contributed by atoms with Gasteiger partial charge in [-0.25, -0.2) is 4.98 Å². The minimum absolute atomic E-state index is 0.420. The lowest BCUT2D eigenvalue weighted by Crippen LogP contribution is -2.17. The van der Waals surface area contributed by atoms with Gasteiger partial charge in [-0.2, -0.15) is 0 Å². The fraction of sp³-hybridized carbons (Fsp3) is 0.400. The third kappa shape index (κ3) is 4.10. The van der Waals surface area contributed by atoms with Gasteiger partial charge in [0.15, 0.2) is 0 Å². The standard InChI is InChI=1S/C15H20N2O2/c1-2-17-10-9-16-15(17)12-13(18)8-11-19-14-6-4-3-5-7-14/h3-7,9-10,13,18H,2,8,11-12H2,1H3. The van der Waals surface area contributed by atoms with Crippen molar-refractivity contribution in [3.63, 3.8) is 0 Å². The van der Waals surface area contributed by atoms with E-state index >= 15 is 0 Å². The van der Waals surface area contributed by atoms with Crippen molar-refractivity contribution < 1.29 is 9.84 Å². The van der Waals surface area contributed by atoms with E-state index in [1.165, 1.54) is 0 Å². The number of benzene rings is 1. The molecule has 0 radical (unpaired) electrons. The van der Waals surface area contributed by atoms with Crippen LogP contribution in [-0.2, 0) is 13.0 Å². The van der Waals surface area contributed by atoms with Gasteiger partial charge in [-0.3, -0.25) is 0 Å². The zero-order valence-electron chi connectivity index (χ0n) is 11.2. The van der Waals surface area contributed by atoms with Gasteiger partial charge in [0.05, 0.1) is 12.7 Å². The number of aromatic nitrogens is 2. The maximum absolute atomic E-state index is 9.99. The van der Waals surface area contributed by atoms with Crippen molar-refractivity contribution in [2.24, 2.45) is 0 Å². The molecule has 2 rings (SSSR count). The molecule has 0 fully saturated rings. The molecule has 102 valence electrons. The summed E-state index contributed by atoms with van der Waals surface area (Å²) in [5.41, 5.74) is 0. The fourth-order valence-electron chi connectivity index (χ4n) is 1.96. The Balaban J connectivity index is 1.74. The fourth-order valence-corrected chi connectivity index (χ4v) is 1.96. The van der Waals surface area contributed by atoms with Crippen molar-refractivity contribution in [1.29, 1.82) is 0 Å². The second kappa shape index (κ2) is 6.95. The molecule has 1 heterocycles. The molecule has 0 saturated heterocycles. The largest absolute Gasteiger partial charge is 0.493 e. The van der Waals surface area contributed by atoms with Crippen molar-refractivity contribution in [3.8, 4) is 5.75 Å². The summed E-state index contributed by atoms with van der Waals surface area (Å²) in [4.78, 5) is 4.26. The topological polar surface area (TPSA) is 47.3 Å². The lowest BCUT2D eigenvalue weighted by atomic mass is 10.2. The summed E-state index contributed by atoms with van der Waals surface area (Å²) in [6, 6.07) is 9.65. The number of hydrogen-bond donors (Lipinski definition) is 1. The molecule has 1 aromatic heterocycles. The van der Waals surface area contributed by atoms with Crippen LogP contribution in [0.15, 0.2) is 42.7 Å². The van der Waals surface area contributed by atoms with Crippen molar-refractivity contribution in [1.82, 2.24) is 9.55 Å². The van der Waals surface area contributed by atoms with Crippen LogP contribution in [0.4, 0.5) is 0 Å². The van der Waals surface area contributed by atoms with Crippen LogP contribution in [-0.4, -0.2) is 27.4 Å². The Kier molecular flexibility index (Phi) is 4.98. The van der Waals surface area contributed by atoms with Crippen LogP contribution in [0.5, 0.6) is 5.75 Å². The number of imidazole rings is 1. The van der Waals surface area contributed by atoms with Gasteiger partial charge >= 0.3 is 0 Å². The summed E-state index contributed by atoms with van der Waals surface area (Å²) in [6.45, 7) is 3.46. The summed E-state index contributed by atoms with van der Waals surface area (Å²) >= 11 is 0. The van der Waals surface area contributed by atoms with Crippen LogP contribution in [0.1, 0.15) is 19.2 Å². The molecular formula is C15H20N2O2. The number of rotatable bonds is 7. The lowest BCUT2D eigenvalue weighted by molar-refractivity contribution is 0.136. The SMILES string of the molecule is CCn1ccnc1CC(O)CCOc1ccccc1. The Hall–Kier alpha value is -1.81. The monoisotopic (exact) mass is 260 g/mol. The molecule has 2 aromatic rings. The predicted molar refractivity (Wildman–Crippen MR) is 74.2 cm³/mol. The van der Waals surface area contributed by atoms with E-state index < -0.39 is 6.10 Å². The van der Waals surface area contributed by atoms with Gasteiger partial charge in [0.2, 0.25) is 0 Å². The van der Waals surface area contributed by atoms with Crippen LogP contribution < -0.4 is 4.74 Å². The lowest BCUT2D eigenvalue weighted by Gasteiger charge is -2.12. The van der Waals surface area contributed by atoms with Crippen LogP contribution in [0.25, 0.3) is 0 Å². The predicted octanol–water partition coefficient (Wildman–Crippen LogP) is 2.28. The van der Waals surface area contributed by atoms with Crippen LogP contribution in [0.3, 0.4) is 0 Å². The quantitative estimate of drug-likeness (QED) is 0.830. The Morgan fingerprint density at radius 1 is 1.32 bits per heavy atom. The van der Waals surface area contributed by atoms with E-state index in [1.807, 2.05) is 41.1 Å². The first kappa shape index (κ1) is 13.6. The molecule has 1 N–H and O–H groups in total. The highest BCUT2D eigenvalue weighted by Crippen LogP contribution is 2.10. The van der Waals surface area contributed by atoms with Gasteiger partial charge in [-0.05, 0) is 19.1 Å². The molecule has 0 saturated carbocycles. The zero-order chi connectivity index (χ0) is 13.5. The molecule has 19 heavy (non-hydrogen) atoms. The molecule has 0 aliphatic heterocycles. The van der Waals surface area contributed by atoms with Crippen LogP contribution in [0, 0.1) is 0 Å². The average molecular weight is 260 g/mol. The number of hydrogen-bond acceptors (Lipinski definition) is 3. The summed E-state index contributed by atoms with van der Waals surface area (Å²) in [5, 5.41) is 9.99. The highest BCUT2D eigenvalue weighted by molar-refractivity contribution is 5.20. The number of ether oxygens (including phenoxy) is 1. The molecule has 1 atom stereocenters. The van der Waals surface area contributed by atoms with Gasteiger partial charge in [0.1, 0.15) is 11.6 Å². The van der Waals surface area contributed by atoms with Gasteiger partial charge in [0.25, 0.3) is 0 Å². The van der Waals surface area contributed by atoms with Crippen LogP contribution >= 0.6 is 0 Å². The summed E-state index contributed by atoms with van der Waals surface area (Å²) < 4.78 is 7.61. The van der Waals surface area contributed by atoms with Crippen molar-refractivity contribution in [3.05, 3.63) is 48.5 Å². The molecule has 1 aromatic carbocycles. The smallest absolute Gasteiger partial charge is 0.119 e. The Morgan fingerprint density at radius 3 is 2.84 bits per heavy atom. The molecule has 0 bridgehead atoms. The summed E-state index contributed by atoms with van der Waals surface area (Å²) in [5.74, 6) is 1.76. The maximum Gasteiger partial charge on any atom is 0.119 e. The molecule has 4 heteroatoms. The van der Waals surface area contributed by atoms with Gasteiger partial charge in [-0.1, -0.05) is 18.2 Å². The van der Waals surface area contributed by atoms with E-state index in [2.05, 4.69) is 11.9 Å². The van der Waals surface area contributed by atoms with E-state index in [1.54, 1.807) is 6.20 Å². The molecule has 0 aliphatic rings. The maximum atomic E-state index is 9.99. The van der Waals surface area contributed by atoms with Crippen LogP contribution in [0.2, 0.25) is 0 Å². The second-order valence-electron chi connectivity index (χ2n) is 4.44. The van der Waals surface area contributed by atoms with Crippen molar-refractivity contribution in [2.45, 2.75) is 32.4 Å². The van der Waals surface area contributed by atoms with E-state index in [0.29, 0.717) is 19.4 Å². The zero-order valence-corrected chi connectivity index (χ0v) is 11.2. The first-order valence-corrected chi connectivity index (χ1v) is 6.65. The minimum Gasteiger partial charge on any atom is -0.493 e. The number of aliphatic hydroxyl groups is 1. The van der Waals surface area contributed by atoms with E-state index in [-0.39, 0.29) is 0 Å².